The second kappa shape index (κ2) is 9.38. The highest BCUT2D eigenvalue weighted by molar-refractivity contribution is 7.99. The fourth-order valence-electron chi connectivity index (χ4n) is 3.83. The summed E-state index contributed by atoms with van der Waals surface area (Å²) in [6, 6.07) is 20.5. The third-order valence-electron chi connectivity index (χ3n) is 5.66. The predicted molar refractivity (Wildman–Crippen MR) is 135 cm³/mol. The summed E-state index contributed by atoms with van der Waals surface area (Å²) in [6.45, 7) is 8.98. The molecule has 172 valence electrons. The van der Waals surface area contributed by atoms with E-state index in [-0.39, 0.29) is 11.2 Å². The van der Waals surface area contributed by atoms with Crippen LogP contribution in [0, 0.1) is 0 Å². The Hall–Kier alpha value is -3.52. The van der Waals surface area contributed by atoms with Crippen LogP contribution in [0.15, 0.2) is 70.3 Å². The quantitative estimate of drug-likeness (QED) is 0.250. The number of rotatable bonds is 7. The van der Waals surface area contributed by atoms with Crippen molar-refractivity contribution in [1.29, 1.82) is 0 Å². The molecular formula is C26H26N6OS. The van der Waals surface area contributed by atoms with E-state index in [4.69, 9.17) is 9.51 Å². The molecule has 0 spiro atoms. The summed E-state index contributed by atoms with van der Waals surface area (Å²) in [6.07, 6.45) is 0. The first kappa shape index (κ1) is 22.3. The monoisotopic (exact) mass is 470 g/mol. The highest BCUT2D eigenvalue weighted by atomic mass is 32.2. The molecule has 0 saturated heterocycles. The predicted octanol–water partition coefficient (Wildman–Crippen LogP) is 6.54. The summed E-state index contributed by atoms with van der Waals surface area (Å²) >= 11 is 1.57. The van der Waals surface area contributed by atoms with Crippen molar-refractivity contribution in [3.8, 4) is 22.6 Å². The SMILES string of the molecule is CCn1c(SC(C)c2nc(C(C)C)no2)nnc1-c1cc(-c2ccccc2)nc2ccccc12. The minimum atomic E-state index is -0.0450. The molecule has 5 aromatic rings. The Labute approximate surface area is 202 Å². The fourth-order valence-corrected chi connectivity index (χ4v) is 4.78. The Balaban J connectivity index is 1.56. The van der Waals surface area contributed by atoms with Gasteiger partial charge in [-0.25, -0.2) is 4.98 Å². The summed E-state index contributed by atoms with van der Waals surface area (Å²) in [5.41, 5.74) is 3.92. The lowest BCUT2D eigenvalue weighted by Gasteiger charge is -2.12. The molecular weight excluding hydrogens is 444 g/mol. The zero-order valence-corrected chi connectivity index (χ0v) is 20.5. The third-order valence-corrected chi connectivity index (χ3v) is 6.73. The van der Waals surface area contributed by atoms with E-state index in [2.05, 4.69) is 69.9 Å². The van der Waals surface area contributed by atoms with Crippen molar-refractivity contribution >= 4 is 22.7 Å². The van der Waals surface area contributed by atoms with Gasteiger partial charge >= 0.3 is 0 Å². The third kappa shape index (κ3) is 4.21. The van der Waals surface area contributed by atoms with Gasteiger partial charge in [-0.1, -0.05) is 79.3 Å². The van der Waals surface area contributed by atoms with Crippen molar-refractivity contribution in [3.05, 3.63) is 72.4 Å². The number of hydrogen-bond acceptors (Lipinski definition) is 7. The highest BCUT2D eigenvalue weighted by Crippen LogP contribution is 2.37. The molecule has 0 aliphatic heterocycles. The zero-order valence-electron chi connectivity index (χ0n) is 19.6. The van der Waals surface area contributed by atoms with Gasteiger partial charge in [0.25, 0.3) is 0 Å². The van der Waals surface area contributed by atoms with Gasteiger partial charge in [-0.2, -0.15) is 4.98 Å². The molecule has 34 heavy (non-hydrogen) atoms. The van der Waals surface area contributed by atoms with Gasteiger partial charge in [0.1, 0.15) is 0 Å². The molecule has 0 fully saturated rings. The van der Waals surface area contributed by atoms with Crippen molar-refractivity contribution in [2.24, 2.45) is 0 Å². The average molecular weight is 471 g/mol. The van der Waals surface area contributed by atoms with Gasteiger partial charge in [0.15, 0.2) is 16.8 Å². The number of nitrogens with zero attached hydrogens (tertiary/aromatic N) is 6. The van der Waals surface area contributed by atoms with Crippen molar-refractivity contribution in [1.82, 2.24) is 29.9 Å². The van der Waals surface area contributed by atoms with Crippen LogP contribution in [-0.2, 0) is 6.54 Å². The van der Waals surface area contributed by atoms with Gasteiger partial charge in [-0.05, 0) is 26.0 Å². The molecule has 3 aromatic heterocycles. The van der Waals surface area contributed by atoms with Crippen molar-refractivity contribution in [3.63, 3.8) is 0 Å². The maximum atomic E-state index is 5.50. The number of thioether (sulfide) groups is 1. The summed E-state index contributed by atoms with van der Waals surface area (Å²) in [4.78, 5) is 9.46. The smallest absolute Gasteiger partial charge is 0.239 e. The molecule has 0 amide bonds. The van der Waals surface area contributed by atoms with Crippen LogP contribution in [0.25, 0.3) is 33.5 Å². The fraction of sp³-hybridized carbons (Fsp3) is 0.269. The molecule has 0 aliphatic rings. The normalized spacial score (nSPS) is 12.5. The van der Waals surface area contributed by atoms with Gasteiger partial charge in [-0.15, -0.1) is 10.2 Å². The summed E-state index contributed by atoms with van der Waals surface area (Å²) in [7, 11) is 0. The van der Waals surface area contributed by atoms with E-state index in [1.54, 1.807) is 11.8 Å². The van der Waals surface area contributed by atoms with Crippen LogP contribution in [0.3, 0.4) is 0 Å². The standard InChI is InChI=1S/C26H26N6OS/c1-5-32-24(29-30-26(32)34-17(4)25-28-23(16(2)3)31-33-25)20-15-22(18-11-7-6-8-12-18)27-21-14-10-9-13-19(20)21/h6-17H,5H2,1-4H3. The zero-order chi connectivity index (χ0) is 23.7. The van der Waals surface area contributed by atoms with Crippen LogP contribution < -0.4 is 0 Å². The number of para-hydroxylation sites is 1. The first-order chi connectivity index (χ1) is 16.5. The first-order valence-corrected chi connectivity index (χ1v) is 12.3. The number of aromatic nitrogens is 6. The van der Waals surface area contributed by atoms with Crippen LogP contribution in [-0.4, -0.2) is 29.9 Å². The van der Waals surface area contributed by atoms with E-state index in [0.717, 1.165) is 51.1 Å². The Morgan fingerprint density at radius 3 is 2.44 bits per heavy atom. The molecule has 0 bridgehead atoms. The molecule has 0 saturated carbocycles. The highest BCUT2D eigenvalue weighted by Gasteiger charge is 2.22. The number of hydrogen-bond donors (Lipinski definition) is 0. The molecule has 0 aliphatic carbocycles. The maximum absolute atomic E-state index is 5.50. The number of pyridine rings is 1. The molecule has 1 atom stereocenters. The molecule has 7 nitrogen and oxygen atoms in total. The van der Waals surface area contributed by atoms with E-state index in [1.165, 1.54) is 0 Å². The van der Waals surface area contributed by atoms with E-state index in [1.807, 2.05) is 43.3 Å². The average Bonchev–Trinajstić information content (AvgIpc) is 3.51. The van der Waals surface area contributed by atoms with Gasteiger partial charge in [0.2, 0.25) is 5.89 Å². The van der Waals surface area contributed by atoms with Gasteiger partial charge < -0.3 is 9.09 Å². The van der Waals surface area contributed by atoms with Crippen LogP contribution >= 0.6 is 11.8 Å². The largest absolute Gasteiger partial charge is 0.338 e. The topological polar surface area (TPSA) is 82.5 Å². The van der Waals surface area contributed by atoms with Gasteiger partial charge in [-0.3, -0.25) is 0 Å². The van der Waals surface area contributed by atoms with Crippen molar-refractivity contribution in [2.75, 3.05) is 0 Å². The Morgan fingerprint density at radius 1 is 0.941 bits per heavy atom. The molecule has 0 N–H and O–H groups in total. The van der Waals surface area contributed by atoms with Crippen LogP contribution in [0.2, 0.25) is 0 Å². The lowest BCUT2D eigenvalue weighted by molar-refractivity contribution is 0.373. The minimum absolute atomic E-state index is 0.0450. The minimum Gasteiger partial charge on any atom is -0.338 e. The first-order valence-electron chi connectivity index (χ1n) is 11.4. The lowest BCUT2D eigenvalue weighted by Crippen LogP contribution is -2.02. The van der Waals surface area contributed by atoms with Gasteiger partial charge in [0, 0.05) is 29.0 Å². The lowest BCUT2D eigenvalue weighted by atomic mass is 10.0. The molecule has 5 rings (SSSR count). The second-order valence-corrected chi connectivity index (χ2v) is 9.70. The molecule has 3 heterocycles. The summed E-state index contributed by atoms with van der Waals surface area (Å²) in [5.74, 6) is 2.36. The molecule has 0 radical (unpaired) electrons. The number of benzene rings is 2. The van der Waals surface area contributed by atoms with Crippen molar-refractivity contribution < 1.29 is 4.52 Å². The summed E-state index contributed by atoms with van der Waals surface area (Å²) < 4.78 is 7.64. The van der Waals surface area contributed by atoms with E-state index < -0.39 is 0 Å². The number of fused-ring (bicyclic) bond motifs is 1. The van der Waals surface area contributed by atoms with Crippen LogP contribution in [0.4, 0.5) is 0 Å². The Bertz CT molecular complexity index is 1430. The Kier molecular flexibility index (Phi) is 6.15. The van der Waals surface area contributed by atoms with Gasteiger partial charge in [0.05, 0.1) is 16.5 Å². The molecule has 2 aromatic carbocycles. The maximum Gasteiger partial charge on any atom is 0.239 e. The van der Waals surface area contributed by atoms with E-state index >= 15 is 0 Å². The summed E-state index contributed by atoms with van der Waals surface area (Å²) in [5, 5.41) is 15.1. The second-order valence-electron chi connectivity index (χ2n) is 8.39. The van der Waals surface area contributed by atoms with Crippen LogP contribution in [0.5, 0.6) is 0 Å². The Morgan fingerprint density at radius 2 is 1.71 bits per heavy atom. The van der Waals surface area contributed by atoms with E-state index in [0.29, 0.717) is 5.89 Å². The van der Waals surface area contributed by atoms with Crippen molar-refractivity contribution in [2.45, 2.75) is 50.6 Å². The van der Waals surface area contributed by atoms with E-state index in [9.17, 15) is 0 Å². The molecule has 1 unspecified atom stereocenters. The van der Waals surface area contributed by atoms with Crippen LogP contribution in [0.1, 0.15) is 50.6 Å². The molecule has 8 heteroatoms.